The van der Waals surface area contributed by atoms with Crippen molar-refractivity contribution in [1.29, 1.82) is 0 Å². The minimum absolute atomic E-state index is 0.0395. The van der Waals surface area contributed by atoms with Crippen LogP contribution in [0.3, 0.4) is 0 Å². The van der Waals surface area contributed by atoms with Crippen LogP contribution in [-0.4, -0.2) is 36.8 Å². The van der Waals surface area contributed by atoms with Gasteiger partial charge in [0.25, 0.3) is 0 Å². The molecule has 0 radical (unpaired) electrons. The molecule has 0 aliphatic carbocycles. The molecule has 0 fully saturated rings. The number of carboxylic acids is 1. The van der Waals surface area contributed by atoms with Crippen molar-refractivity contribution in [2.75, 3.05) is 7.11 Å². The summed E-state index contributed by atoms with van der Waals surface area (Å²) >= 11 is 0. The predicted octanol–water partition coefficient (Wildman–Crippen LogP) is 2.92. The number of nitrogens with zero attached hydrogens (tertiary/aromatic N) is 1. The quantitative estimate of drug-likeness (QED) is 0.528. The Hall–Kier alpha value is -3.74. The van der Waals surface area contributed by atoms with E-state index in [4.69, 9.17) is 14.6 Å². The van der Waals surface area contributed by atoms with E-state index in [1.165, 1.54) is 7.11 Å². The summed E-state index contributed by atoms with van der Waals surface area (Å²) in [6.07, 6.45) is -0.115. The average Bonchev–Trinajstić information content (AvgIpc) is 2.75. The first-order valence-corrected chi connectivity index (χ1v) is 10.3. The molecule has 0 aliphatic rings. The van der Waals surface area contributed by atoms with Gasteiger partial charge in [0.2, 0.25) is 5.91 Å². The number of hydrogen-bond acceptors (Lipinski definition) is 4. The first-order chi connectivity index (χ1) is 15.4. The number of aliphatic carboxylic acids is 1. The summed E-state index contributed by atoms with van der Waals surface area (Å²) in [4.78, 5) is 25.2. The topological polar surface area (TPSA) is 76.1 Å². The highest BCUT2D eigenvalue weighted by molar-refractivity contribution is 6.32. The summed E-state index contributed by atoms with van der Waals surface area (Å²) in [5, 5.41) is 9.11. The van der Waals surface area contributed by atoms with Gasteiger partial charge >= 0.3 is 5.97 Å². The Labute approximate surface area is 188 Å². The summed E-state index contributed by atoms with van der Waals surface area (Å²) in [7, 11) is 3.52. The number of rotatable bonds is 9. The number of carbonyl (C=O) groups excluding carboxylic acids is 1. The molecule has 3 rings (SSSR count). The smallest absolute Gasteiger partial charge is 0.307 e. The van der Waals surface area contributed by atoms with E-state index in [0.717, 1.165) is 16.6 Å². The lowest BCUT2D eigenvalue weighted by Crippen LogP contribution is -2.28. The van der Waals surface area contributed by atoms with Gasteiger partial charge in [-0.15, -0.1) is 0 Å². The number of hydrogen-bond donors (Lipinski definition) is 1. The van der Waals surface area contributed by atoms with Crippen molar-refractivity contribution in [3.05, 3.63) is 83.4 Å². The van der Waals surface area contributed by atoms with Crippen LogP contribution in [0.5, 0.6) is 17.2 Å². The van der Waals surface area contributed by atoms with Gasteiger partial charge in [-0.2, -0.15) is 0 Å². The fourth-order valence-electron chi connectivity index (χ4n) is 3.42. The Morgan fingerprint density at radius 2 is 1.62 bits per heavy atom. The van der Waals surface area contributed by atoms with E-state index in [1.807, 2.05) is 56.4 Å². The molecule has 0 bridgehead atoms. The molecule has 0 saturated carbocycles. The first kappa shape index (κ1) is 22.9. The van der Waals surface area contributed by atoms with Crippen LogP contribution in [-0.2, 0) is 29.1 Å². The van der Waals surface area contributed by atoms with Crippen molar-refractivity contribution < 1.29 is 24.2 Å². The van der Waals surface area contributed by atoms with Crippen molar-refractivity contribution in [3.63, 3.8) is 0 Å². The largest absolute Gasteiger partial charge is 0.493 e. The summed E-state index contributed by atoms with van der Waals surface area (Å²) in [5.41, 5.74) is 3.54. The lowest BCUT2D eigenvalue weighted by Gasteiger charge is -2.23. The molecule has 3 aromatic carbocycles. The van der Waals surface area contributed by atoms with E-state index < -0.39 is 5.97 Å². The summed E-state index contributed by atoms with van der Waals surface area (Å²) < 4.78 is 11.6. The minimum atomic E-state index is -0.921. The number of ether oxygens (including phenoxy) is 2. The van der Waals surface area contributed by atoms with Gasteiger partial charge in [0, 0.05) is 25.6 Å². The Bertz CT molecular complexity index is 1100. The number of amides is 1. The molecule has 7 heteroatoms. The molecule has 0 aliphatic heterocycles. The number of carbonyl (C=O) groups is 2. The number of benzene rings is 3. The molecule has 0 saturated heterocycles. The molecule has 0 spiro atoms. The minimum Gasteiger partial charge on any atom is -0.493 e. The van der Waals surface area contributed by atoms with Gasteiger partial charge < -0.3 is 19.5 Å². The summed E-state index contributed by atoms with van der Waals surface area (Å²) in [6, 6.07) is 20.7. The second-order valence-electron chi connectivity index (χ2n) is 7.63. The van der Waals surface area contributed by atoms with Crippen molar-refractivity contribution in [2.45, 2.75) is 26.4 Å². The highest BCUT2D eigenvalue weighted by atomic mass is 16.5. The Morgan fingerprint density at radius 1 is 0.906 bits per heavy atom. The Balaban J connectivity index is 1.91. The molecular formula is C25H26BNO5. The van der Waals surface area contributed by atoms with Crippen molar-refractivity contribution in [1.82, 2.24) is 4.90 Å². The van der Waals surface area contributed by atoms with Gasteiger partial charge in [-0.3, -0.25) is 9.59 Å². The van der Waals surface area contributed by atoms with Crippen LogP contribution in [0.25, 0.3) is 0 Å². The van der Waals surface area contributed by atoms with E-state index in [0.29, 0.717) is 35.9 Å². The van der Waals surface area contributed by atoms with Crippen LogP contribution >= 0.6 is 0 Å². The number of carboxylic acid groups (broad SMARTS) is 1. The second-order valence-corrected chi connectivity index (χ2v) is 7.63. The average molecular weight is 431 g/mol. The highest BCUT2D eigenvalue weighted by Crippen LogP contribution is 2.34. The van der Waals surface area contributed by atoms with Gasteiger partial charge in [-0.25, -0.2) is 0 Å². The summed E-state index contributed by atoms with van der Waals surface area (Å²) in [5.74, 6) is 0.547. The molecule has 0 aromatic heterocycles. The first-order valence-electron chi connectivity index (χ1n) is 10.3. The van der Waals surface area contributed by atoms with Gasteiger partial charge in [0.05, 0.1) is 13.5 Å². The van der Waals surface area contributed by atoms with Gasteiger partial charge in [-0.05, 0) is 29.3 Å². The van der Waals surface area contributed by atoms with Crippen molar-refractivity contribution >= 4 is 25.2 Å². The van der Waals surface area contributed by atoms with Gasteiger partial charge in [0.1, 0.15) is 13.6 Å². The third-order valence-electron chi connectivity index (χ3n) is 5.04. The molecule has 164 valence electrons. The predicted molar refractivity (Wildman–Crippen MR) is 125 cm³/mol. The molecule has 3 aromatic rings. The molecule has 0 unspecified atom stereocenters. The standard InChI is InChI=1S/C25H26BNO5/c1-17(28)27(15-18-6-4-3-5-7-18)16-20-14-21(26)9-11-22(20)32-24-12-19(13-25(29)30)8-10-23(24)31-2/h3-12,14H,13,15-16,26H2,1-2H3,(H,29,30). The molecule has 6 nitrogen and oxygen atoms in total. The Morgan fingerprint density at radius 3 is 2.28 bits per heavy atom. The number of methoxy groups -OCH3 is 1. The molecule has 0 heterocycles. The zero-order chi connectivity index (χ0) is 23.1. The van der Waals surface area contributed by atoms with E-state index >= 15 is 0 Å². The molecule has 1 N–H and O–H groups in total. The fraction of sp³-hybridized carbons (Fsp3) is 0.200. The second kappa shape index (κ2) is 10.5. The maximum absolute atomic E-state index is 12.4. The molecule has 0 atom stereocenters. The maximum atomic E-state index is 12.4. The monoisotopic (exact) mass is 431 g/mol. The van der Waals surface area contributed by atoms with E-state index in [9.17, 15) is 9.59 Å². The van der Waals surface area contributed by atoms with E-state index in [2.05, 4.69) is 0 Å². The highest BCUT2D eigenvalue weighted by Gasteiger charge is 2.16. The normalized spacial score (nSPS) is 10.4. The zero-order valence-corrected chi connectivity index (χ0v) is 18.5. The van der Waals surface area contributed by atoms with Crippen LogP contribution in [0.15, 0.2) is 66.7 Å². The third kappa shape index (κ3) is 6.14. The van der Waals surface area contributed by atoms with E-state index in [1.54, 1.807) is 30.0 Å². The lowest BCUT2D eigenvalue weighted by molar-refractivity contribution is -0.136. The van der Waals surface area contributed by atoms with E-state index in [-0.39, 0.29) is 12.3 Å². The van der Waals surface area contributed by atoms with Crippen LogP contribution in [0.4, 0.5) is 0 Å². The zero-order valence-electron chi connectivity index (χ0n) is 18.5. The van der Waals surface area contributed by atoms with Gasteiger partial charge in [-0.1, -0.05) is 54.0 Å². The molecule has 1 amide bonds. The molecular weight excluding hydrogens is 405 g/mol. The van der Waals surface area contributed by atoms with Crippen LogP contribution in [0.1, 0.15) is 23.6 Å². The van der Waals surface area contributed by atoms with Crippen molar-refractivity contribution in [3.8, 4) is 17.2 Å². The SMILES string of the molecule is Bc1ccc(Oc2cc(CC(=O)O)ccc2OC)c(CN(Cc2ccccc2)C(C)=O)c1. The lowest BCUT2D eigenvalue weighted by atomic mass is 9.93. The van der Waals surface area contributed by atoms with Gasteiger partial charge in [0.15, 0.2) is 11.5 Å². The summed E-state index contributed by atoms with van der Waals surface area (Å²) in [6.45, 7) is 2.41. The fourth-order valence-corrected chi connectivity index (χ4v) is 3.42. The molecule has 32 heavy (non-hydrogen) atoms. The van der Waals surface area contributed by atoms with Crippen molar-refractivity contribution in [2.24, 2.45) is 0 Å². The van der Waals surface area contributed by atoms with Crippen LogP contribution < -0.4 is 14.9 Å². The third-order valence-corrected chi connectivity index (χ3v) is 5.04. The van der Waals surface area contributed by atoms with Crippen LogP contribution in [0, 0.1) is 0 Å². The maximum Gasteiger partial charge on any atom is 0.307 e. The van der Waals surface area contributed by atoms with Crippen LogP contribution in [0.2, 0.25) is 0 Å². The Kier molecular flexibility index (Phi) is 7.55.